The number of benzene rings is 1. The molecule has 21 heavy (non-hydrogen) atoms. The summed E-state index contributed by atoms with van der Waals surface area (Å²) in [4.78, 5) is 20.7. The summed E-state index contributed by atoms with van der Waals surface area (Å²) in [7, 11) is 1.52. The van der Waals surface area contributed by atoms with E-state index in [1.165, 1.54) is 7.11 Å². The number of aromatic nitrogens is 2. The van der Waals surface area contributed by atoms with Crippen molar-refractivity contribution in [2.75, 3.05) is 12.4 Å². The molecule has 5 nitrogen and oxygen atoms in total. The van der Waals surface area contributed by atoms with Crippen LogP contribution in [0.5, 0.6) is 6.01 Å². The molecule has 0 saturated heterocycles. The molecule has 0 spiro atoms. The van der Waals surface area contributed by atoms with Gasteiger partial charge in [-0.05, 0) is 51.0 Å². The first-order chi connectivity index (χ1) is 9.92. The van der Waals surface area contributed by atoms with Crippen LogP contribution < -0.4 is 10.1 Å². The van der Waals surface area contributed by atoms with Crippen LogP contribution >= 0.6 is 0 Å². The summed E-state index contributed by atoms with van der Waals surface area (Å²) in [6, 6.07) is 5.93. The highest BCUT2D eigenvalue weighted by molar-refractivity contribution is 6.05. The number of carbonyl (C=O) groups is 1. The fraction of sp³-hybridized carbons (Fsp3) is 0.312. The van der Waals surface area contributed by atoms with E-state index in [1.54, 1.807) is 0 Å². The maximum atomic E-state index is 12.3. The summed E-state index contributed by atoms with van der Waals surface area (Å²) in [5.74, 6) is -0.168. The Morgan fingerprint density at radius 3 is 2.19 bits per heavy atom. The SMILES string of the molecule is COc1nc(C)c(NC(=O)c2ccc(C)c(C)c2)c(C)n1. The molecule has 1 aromatic carbocycles. The Morgan fingerprint density at radius 1 is 1.05 bits per heavy atom. The van der Waals surface area contributed by atoms with Gasteiger partial charge in [-0.2, -0.15) is 9.97 Å². The molecule has 2 aromatic rings. The van der Waals surface area contributed by atoms with Gasteiger partial charge in [0.05, 0.1) is 24.2 Å². The molecule has 2 rings (SSSR count). The quantitative estimate of drug-likeness (QED) is 0.941. The van der Waals surface area contributed by atoms with Crippen LogP contribution in [0.4, 0.5) is 5.69 Å². The van der Waals surface area contributed by atoms with E-state index in [1.807, 2.05) is 45.9 Å². The van der Waals surface area contributed by atoms with E-state index < -0.39 is 0 Å². The van der Waals surface area contributed by atoms with Crippen LogP contribution in [0.25, 0.3) is 0 Å². The Kier molecular flexibility index (Phi) is 4.21. The molecular formula is C16H19N3O2. The first-order valence-electron chi connectivity index (χ1n) is 6.70. The largest absolute Gasteiger partial charge is 0.467 e. The topological polar surface area (TPSA) is 64.1 Å². The molecule has 0 atom stereocenters. The van der Waals surface area contributed by atoms with Crippen molar-refractivity contribution in [3.05, 3.63) is 46.3 Å². The van der Waals surface area contributed by atoms with Crippen LogP contribution in [0.3, 0.4) is 0 Å². The van der Waals surface area contributed by atoms with E-state index in [2.05, 4.69) is 15.3 Å². The summed E-state index contributed by atoms with van der Waals surface area (Å²) < 4.78 is 5.01. The van der Waals surface area contributed by atoms with Gasteiger partial charge in [-0.25, -0.2) is 0 Å². The van der Waals surface area contributed by atoms with Gasteiger partial charge in [-0.1, -0.05) is 6.07 Å². The van der Waals surface area contributed by atoms with Crippen LogP contribution in [-0.4, -0.2) is 23.0 Å². The Morgan fingerprint density at radius 2 is 1.67 bits per heavy atom. The number of carbonyl (C=O) groups excluding carboxylic acids is 1. The first kappa shape index (κ1) is 15.0. The van der Waals surface area contributed by atoms with Crippen molar-refractivity contribution in [2.24, 2.45) is 0 Å². The highest BCUT2D eigenvalue weighted by Gasteiger charge is 2.13. The van der Waals surface area contributed by atoms with E-state index in [0.29, 0.717) is 28.6 Å². The normalized spacial score (nSPS) is 10.3. The third kappa shape index (κ3) is 3.18. The molecular weight excluding hydrogens is 266 g/mol. The minimum Gasteiger partial charge on any atom is -0.467 e. The zero-order valence-corrected chi connectivity index (χ0v) is 12.9. The number of hydrogen-bond donors (Lipinski definition) is 1. The third-order valence-corrected chi connectivity index (χ3v) is 3.44. The highest BCUT2D eigenvalue weighted by Crippen LogP contribution is 2.20. The highest BCUT2D eigenvalue weighted by atomic mass is 16.5. The molecule has 1 N–H and O–H groups in total. The Balaban J connectivity index is 2.29. The second-order valence-electron chi connectivity index (χ2n) is 5.01. The van der Waals surface area contributed by atoms with Crippen molar-refractivity contribution in [2.45, 2.75) is 27.7 Å². The maximum absolute atomic E-state index is 12.3. The summed E-state index contributed by atoms with van der Waals surface area (Å²) in [6.07, 6.45) is 0. The predicted octanol–water partition coefficient (Wildman–Crippen LogP) is 2.97. The van der Waals surface area contributed by atoms with Crippen molar-refractivity contribution in [1.82, 2.24) is 9.97 Å². The Hall–Kier alpha value is -2.43. The summed E-state index contributed by atoms with van der Waals surface area (Å²) in [6.45, 7) is 7.63. The van der Waals surface area contributed by atoms with Gasteiger partial charge < -0.3 is 10.1 Å². The van der Waals surface area contributed by atoms with Crippen LogP contribution in [0.2, 0.25) is 0 Å². The molecule has 1 aromatic heterocycles. The Labute approximate surface area is 124 Å². The van der Waals surface area contributed by atoms with Crippen LogP contribution in [0, 0.1) is 27.7 Å². The minimum atomic E-state index is -0.168. The van der Waals surface area contributed by atoms with Crippen LogP contribution in [-0.2, 0) is 0 Å². The monoisotopic (exact) mass is 285 g/mol. The number of rotatable bonds is 3. The molecule has 0 unspecified atom stereocenters. The standard InChI is InChI=1S/C16H19N3O2/c1-9-6-7-13(8-10(9)2)15(20)19-14-11(3)17-16(21-5)18-12(14)4/h6-8H,1-5H3,(H,19,20). The molecule has 5 heteroatoms. The van der Waals surface area contributed by atoms with E-state index in [4.69, 9.17) is 4.74 Å². The lowest BCUT2D eigenvalue weighted by Crippen LogP contribution is -2.15. The number of anilines is 1. The van der Waals surface area contributed by atoms with Gasteiger partial charge in [0.25, 0.3) is 5.91 Å². The molecule has 0 aliphatic rings. The van der Waals surface area contributed by atoms with Crippen molar-refractivity contribution >= 4 is 11.6 Å². The lowest BCUT2D eigenvalue weighted by atomic mass is 10.1. The number of nitrogens with one attached hydrogen (secondary N) is 1. The van der Waals surface area contributed by atoms with Crippen molar-refractivity contribution in [3.63, 3.8) is 0 Å². The smallest absolute Gasteiger partial charge is 0.316 e. The second-order valence-corrected chi connectivity index (χ2v) is 5.01. The van der Waals surface area contributed by atoms with Gasteiger partial charge in [0, 0.05) is 5.56 Å². The number of methoxy groups -OCH3 is 1. The fourth-order valence-corrected chi connectivity index (χ4v) is 2.03. The van der Waals surface area contributed by atoms with E-state index in [-0.39, 0.29) is 5.91 Å². The molecule has 0 radical (unpaired) electrons. The fourth-order valence-electron chi connectivity index (χ4n) is 2.03. The number of hydrogen-bond acceptors (Lipinski definition) is 4. The lowest BCUT2D eigenvalue weighted by molar-refractivity contribution is 0.102. The van der Waals surface area contributed by atoms with Gasteiger partial charge >= 0.3 is 6.01 Å². The summed E-state index contributed by atoms with van der Waals surface area (Å²) in [5, 5.41) is 2.87. The van der Waals surface area contributed by atoms with E-state index in [9.17, 15) is 4.79 Å². The average molecular weight is 285 g/mol. The number of nitrogens with zero attached hydrogens (tertiary/aromatic N) is 2. The molecule has 1 heterocycles. The van der Waals surface area contributed by atoms with Gasteiger partial charge in [0.2, 0.25) is 0 Å². The zero-order chi connectivity index (χ0) is 15.6. The minimum absolute atomic E-state index is 0.168. The van der Waals surface area contributed by atoms with Gasteiger partial charge in [-0.3, -0.25) is 4.79 Å². The van der Waals surface area contributed by atoms with Crippen LogP contribution in [0.1, 0.15) is 32.9 Å². The van der Waals surface area contributed by atoms with E-state index >= 15 is 0 Å². The molecule has 1 amide bonds. The van der Waals surface area contributed by atoms with Crippen molar-refractivity contribution in [1.29, 1.82) is 0 Å². The molecule has 110 valence electrons. The predicted molar refractivity (Wildman–Crippen MR) is 81.9 cm³/mol. The molecule has 0 saturated carbocycles. The van der Waals surface area contributed by atoms with Crippen molar-refractivity contribution < 1.29 is 9.53 Å². The van der Waals surface area contributed by atoms with Gasteiger partial charge in [0.1, 0.15) is 0 Å². The molecule has 0 aliphatic carbocycles. The maximum Gasteiger partial charge on any atom is 0.316 e. The molecule has 0 fully saturated rings. The average Bonchev–Trinajstić information content (AvgIpc) is 2.45. The second kappa shape index (κ2) is 5.91. The van der Waals surface area contributed by atoms with E-state index in [0.717, 1.165) is 11.1 Å². The zero-order valence-electron chi connectivity index (χ0n) is 12.9. The lowest BCUT2D eigenvalue weighted by Gasteiger charge is -2.12. The van der Waals surface area contributed by atoms with Gasteiger partial charge in [-0.15, -0.1) is 0 Å². The summed E-state index contributed by atoms with van der Waals surface area (Å²) >= 11 is 0. The number of ether oxygens (including phenoxy) is 1. The van der Waals surface area contributed by atoms with Crippen LogP contribution in [0.15, 0.2) is 18.2 Å². The summed E-state index contributed by atoms with van der Waals surface area (Å²) in [5.41, 5.74) is 4.84. The molecule has 0 bridgehead atoms. The molecule has 0 aliphatic heterocycles. The third-order valence-electron chi connectivity index (χ3n) is 3.44. The number of amides is 1. The van der Waals surface area contributed by atoms with Gasteiger partial charge in [0.15, 0.2) is 0 Å². The number of aryl methyl sites for hydroxylation is 4. The Bertz CT molecular complexity index is 673. The first-order valence-corrected chi connectivity index (χ1v) is 6.70. The van der Waals surface area contributed by atoms with Crippen molar-refractivity contribution in [3.8, 4) is 6.01 Å².